The fraction of sp³-hybridized carbons (Fsp3) is 0.263. The van der Waals surface area contributed by atoms with Crippen molar-refractivity contribution in [3.63, 3.8) is 0 Å². The molecule has 2 N–H and O–H groups in total. The van der Waals surface area contributed by atoms with Gasteiger partial charge < -0.3 is 9.52 Å². The fourth-order valence-corrected chi connectivity index (χ4v) is 3.46. The Balaban J connectivity index is 2.07. The molecule has 0 spiro atoms. The van der Waals surface area contributed by atoms with Crippen LogP contribution >= 0.6 is 0 Å². The Labute approximate surface area is 159 Å². The van der Waals surface area contributed by atoms with Crippen molar-refractivity contribution < 1.29 is 31.1 Å². The highest BCUT2D eigenvalue weighted by Gasteiger charge is 2.46. The lowest BCUT2D eigenvalue weighted by atomic mass is 9.97. The second-order valence-electron chi connectivity index (χ2n) is 6.70. The third-order valence-electron chi connectivity index (χ3n) is 4.22. The number of phenols is 1. The molecule has 3 rings (SSSR count). The summed E-state index contributed by atoms with van der Waals surface area (Å²) in [6, 6.07) is 10.5. The first-order valence-corrected chi connectivity index (χ1v) is 9.88. The summed E-state index contributed by atoms with van der Waals surface area (Å²) in [5, 5.41) is 9.96. The molecule has 0 bridgehead atoms. The van der Waals surface area contributed by atoms with Gasteiger partial charge in [-0.2, -0.15) is 21.6 Å². The van der Waals surface area contributed by atoms with E-state index in [1.165, 1.54) is 30.3 Å². The van der Waals surface area contributed by atoms with Gasteiger partial charge in [-0.15, -0.1) is 0 Å². The van der Waals surface area contributed by atoms with Crippen LogP contribution in [0.1, 0.15) is 36.7 Å². The molecular weight excluding hydrogens is 395 g/mol. The Morgan fingerprint density at radius 3 is 2.32 bits per heavy atom. The molecule has 1 heterocycles. The van der Waals surface area contributed by atoms with Crippen LogP contribution in [0.5, 0.6) is 5.75 Å². The predicted octanol–water partition coefficient (Wildman–Crippen LogP) is 5.11. The molecule has 0 saturated carbocycles. The van der Waals surface area contributed by atoms with Crippen molar-refractivity contribution in [2.45, 2.75) is 31.7 Å². The van der Waals surface area contributed by atoms with E-state index in [1.54, 1.807) is 16.9 Å². The number of furan rings is 1. The summed E-state index contributed by atoms with van der Waals surface area (Å²) in [6.07, 6.45) is 0.413. The predicted molar refractivity (Wildman–Crippen MR) is 99.8 cm³/mol. The monoisotopic (exact) mass is 413 g/mol. The molecule has 0 atom stereocenters. The molecule has 0 saturated heterocycles. The van der Waals surface area contributed by atoms with Gasteiger partial charge >= 0.3 is 15.5 Å². The van der Waals surface area contributed by atoms with Gasteiger partial charge in [0.25, 0.3) is 0 Å². The lowest BCUT2D eigenvalue weighted by Crippen LogP contribution is -2.29. The summed E-state index contributed by atoms with van der Waals surface area (Å²) >= 11 is 0. The zero-order valence-corrected chi connectivity index (χ0v) is 15.9. The summed E-state index contributed by atoms with van der Waals surface area (Å²) in [7, 11) is -5.51. The molecule has 0 aliphatic heterocycles. The van der Waals surface area contributed by atoms with Gasteiger partial charge in [-0.05, 0) is 35.9 Å². The average molecular weight is 413 g/mol. The van der Waals surface area contributed by atoms with Crippen molar-refractivity contribution in [2.75, 3.05) is 4.72 Å². The van der Waals surface area contributed by atoms with Gasteiger partial charge in [-0.1, -0.05) is 26.0 Å². The Bertz CT molecular complexity index is 1100. The minimum absolute atomic E-state index is 0.00910. The quantitative estimate of drug-likeness (QED) is 0.609. The highest BCUT2D eigenvalue weighted by atomic mass is 32.2. The molecule has 9 heteroatoms. The molecule has 0 fully saturated rings. The number of aromatic hydroxyl groups is 1. The van der Waals surface area contributed by atoms with Crippen molar-refractivity contribution in [1.82, 2.24) is 0 Å². The van der Waals surface area contributed by atoms with Gasteiger partial charge in [0.1, 0.15) is 17.1 Å². The minimum Gasteiger partial charge on any atom is -0.508 e. The van der Waals surface area contributed by atoms with E-state index in [4.69, 9.17) is 4.42 Å². The molecule has 5 nitrogen and oxygen atoms in total. The van der Waals surface area contributed by atoms with E-state index in [0.29, 0.717) is 23.2 Å². The van der Waals surface area contributed by atoms with Crippen LogP contribution in [0.15, 0.2) is 46.9 Å². The van der Waals surface area contributed by atoms with Crippen LogP contribution < -0.4 is 4.72 Å². The number of anilines is 1. The van der Waals surface area contributed by atoms with Gasteiger partial charge in [0.2, 0.25) is 0 Å². The normalized spacial score (nSPS) is 12.6. The number of hydrogen-bond donors (Lipinski definition) is 2. The topological polar surface area (TPSA) is 79.5 Å². The number of benzene rings is 2. The molecule has 1 aromatic heterocycles. The second-order valence-corrected chi connectivity index (χ2v) is 8.38. The van der Waals surface area contributed by atoms with Crippen LogP contribution in [0.2, 0.25) is 0 Å². The average Bonchev–Trinajstić information content (AvgIpc) is 2.94. The van der Waals surface area contributed by atoms with Gasteiger partial charge in [0, 0.05) is 29.0 Å². The molecule has 0 aliphatic rings. The van der Waals surface area contributed by atoms with E-state index < -0.39 is 15.5 Å². The maximum Gasteiger partial charge on any atom is 0.516 e. The zero-order valence-electron chi connectivity index (χ0n) is 15.0. The largest absolute Gasteiger partial charge is 0.516 e. The Hall–Kier alpha value is -2.68. The summed E-state index contributed by atoms with van der Waals surface area (Å²) in [5.74, 6) is 0.794. The van der Waals surface area contributed by atoms with Crippen LogP contribution in [-0.4, -0.2) is 19.0 Å². The van der Waals surface area contributed by atoms with Crippen LogP contribution in [0, 0.1) is 0 Å². The van der Waals surface area contributed by atoms with Crippen LogP contribution in [0.25, 0.3) is 11.0 Å². The van der Waals surface area contributed by atoms with Gasteiger partial charge in [0.05, 0.1) is 0 Å². The lowest BCUT2D eigenvalue weighted by molar-refractivity contribution is -0.0429. The number of halogens is 3. The first-order chi connectivity index (χ1) is 13.0. The number of rotatable bonds is 5. The smallest absolute Gasteiger partial charge is 0.508 e. The van der Waals surface area contributed by atoms with Crippen LogP contribution in [0.3, 0.4) is 0 Å². The molecule has 0 aliphatic carbocycles. The molecule has 3 aromatic rings. The van der Waals surface area contributed by atoms with Crippen molar-refractivity contribution in [2.24, 2.45) is 0 Å². The van der Waals surface area contributed by atoms with E-state index in [9.17, 15) is 26.7 Å². The maximum atomic E-state index is 12.7. The van der Waals surface area contributed by atoms with Crippen LogP contribution in [-0.2, 0) is 16.4 Å². The third kappa shape index (κ3) is 3.94. The summed E-state index contributed by atoms with van der Waals surface area (Å²) in [5.41, 5.74) is -3.54. The number of phenolic OH excluding ortho intramolecular Hbond substituents is 1. The highest BCUT2D eigenvalue weighted by molar-refractivity contribution is 7.93. The standard InChI is InChI=1S/C19H18F3NO4S/c1-11(2)18-16(9-12-3-6-14(24)7-4-12)15-10-13(5-8-17(15)27-18)23-28(25,26)19(20,21)22/h3-8,10-11,23-24H,9H2,1-2H3. The van der Waals surface area contributed by atoms with E-state index in [1.807, 2.05) is 13.8 Å². The van der Waals surface area contributed by atoms with Crippen molar-refractivity contribution in [3.05, 3.63) is 59.4 Å². The molecule has 28 heavy (non-hydrogen) atoms. The maximum absolute atomic E-state index is 12.7. The number of fused-ring (bicyclic) bond motifs is 1. The van der Waals surface area contributed by atoms with Crippen molar-refractivity contribution >= 4 is 26.7 Å². The molecule has 0 radical (unpaired) electrons. The number of sulfonamides is 1. The molecule has 0 unspecified atom stereocenters. The number of hydrogen-bond acceptors (Lipinski definition) is 4. The Morgan fingerprint density at radius 2 is 1.75 bits per heavy atom. The summed E-state index contributed by atoms with van der Waals surface area (Å²) in [6.45, 7) is 3.84. The summed E-state index contributed by atoms with van der Waals surface area (Å²) < 4.78 is 68.2. The number of nitrogens with one attached hydrogen (secondary N) is 1. The Kier molecular flexibility index (Phi) is 5.05. The molecule has 2 aromatic carbocycles. The van der Waals surface area contributed by atoms with Gasteiger partial charge in [-0.25, -0.2) is 0 Å². The van der Waals surface area contributed by atoms with E-state index in [2.05, 4.69) is 0 Å². The zero-order chi connectivity index (χ0) is 20.7. The van der Waals surface area contributed by atoms with Gasteiger partial charge in [-0.3, -0.25) is 4.72 Å². The van der Waals surface area contributed by atoms with Crippen molar-refractivity contribution in [3.8, 4) is 5.75 Å². The molecular formula is C19H18F3NO4S. The summed E-state index contributed by atoms with van der Waals surface area (Å²) in [4.78, 5) is 0. The van der Waals surface area contributed by atoms with Gasteiger partial charge in [0.15, 0.2) is 0 Å². The molecule has 0 amide bonds. The minimum atomic E-state index is -5.51. The van der Waals surface area contributed by atoms with Crippen LogP contribution in [0.4, 0.5) is 18.9 Å². The second kappa shape index (κ2) is 7.05. The highest BCUT2D eigenvalue weighted by Crippen LogP contribution is 2.35. The van der Waals surface area contributed by atoms with E-state index in [-0.39, 0.29) is 17.4 Å². The third-order valence-corrected chi connectivity index (χ3v) is 5.33. The fourth-order valence-electron chi connectivity index (χ4n) is 2.91. The van der Waals surface area contributed by atoms with E-state index in [0.717, 1.165) is 11.1 Å². The van der Waals surface area contributed by atoms with Crippen molar-refractivity contribution in [1.29, 1.82) is 0 Å². The Morgan fingerprint density at radius 1 is 1.11 bits per heavy atom. The van der Waals surface area contributed by atoms with E-state index >= 15 is 0 Å². The first-order valence-electron chi connectivity index (χ1n) is 8.40. The number of alkyl halides is 3. The SMILES string of the molecule is CC(C)c1oc2ccc(NS(=O)(=O)C(F)(F)F)cc2c1Cc1ccc(O)cc1. The first kappa shape index (κ1) is 20.1. The molecule has 150 valence electrons. The lowest BCUT2D eigenvalue weighted by Gasteiger charge is -2.11.